The molecule has 1 saturated carbocycles. The molecular weight excluding hydrogens is 210 g/mol. The molecule has 0 radical (unpaired) electrons. The van der Waals surface area contributed by atoms with Gasteiger partial charge in [-0.1, -0.05) is 19.8 Å². The molecule has 3 nitrogen and oxygen atoms in total. The average Bonchev–Trinajstić information content (AvgIpc) is 2.69. The van der Waals surface area contributed by atoms with Crippen LogP contribution in [0.4, 0.5) is 0 Å². The molecule has 1 aliphatic rings. The standard InChI is InChI=1S/C14H21N3/c1-11-5-3-4-6-14(11)16-9-12-7-13(8-15)17(2)10-12/h7,10-11,14,16H,3-6,9H2,1-2H3. The summed E-state index contributed by atoms with van der Waals surface area (Å²) in [5.41, 5.74) is 1.94. The largest absolute Gasteiger partial charge is 0.342 e. The summed E-state index contributed by atoms with van der Waals surface area (Å²) >= 11 is 0. The Morgan fingerprint density at radius 3 is 2.88 bits per heavy atom. The summed E-state index contributed by atoms with van der Waals surface area (Å²) in [6.07, 6.45) is 7.40. The normalized spacial score (nSPS) is 24.5. The molecule has 3 heteroatoms. The number of hydrogen-bond donors (Lipinski definition) is 1. The molecule has 0 spiro atoms. The lowest BCUT2D eigenvalue weighted by Crippen LogP contribution is -2.36. The minimum atomic E-state index is 0.648. The summed E-state index contributed by atoms with van der Waals surface area (Å²) in [4.78, 5) is 0. The third kappa shape index (κ3) is 2.89. The lowest BCUT2D eigenvalue weighted by atomic mass is 9.86. The van der Waals surface area contributed by atoms with Gasteiger partial charge in [-0.15, -0.1) is 0 Å². The fourth-order valence-corrected chi connectivity index (χ4v) is 2.71. The van der Waals surface area contributed by atoms with Crippen LogP contribution in [-0.2, 0) is 13.6 Å². The van der Waals surface area contributed by atoms with Crippen molar-refractivity contribution in [2.75, 3.05) is 0 Å². The van der Waals surface area contributed by atoms with Crippen LogP contribution in [0, 0.1) is 17.2 Å². The second kappa shape index (κ2) is 5.37. The molecular formula is C14H21N3. The van der Waals surface area contributed by atoms with Crippen LogP contribution in [0.25, 0.3) is 0 Å². The van der Waals surface area contributed by atoms with E-state index in [2.05, 4.69) is 18.3 Å². The summed E-state index contributed by atoms with van der Waals surface area (Å²) in [6, 6.07) is 4.82. The summed E-state index contributed by atoms with van der Waals surface area (Å²) in [6.45, 7) is 3.22. The van der Waals surface area contributed by atoms with Crippen LogP contribution in [0.2, 0.25) is 0 Å². The molecule has 2 atom stereocenters. The highest BCUT2D eigenvalue weighted by atomic mass is 15.0. The predicted octanol–water partition coefficient (Wildman–Crippen LogP) is 2.57. The molecule has 2 unspecified atom stereocenters. The fourth-order valence-electron chi connectivity index (χ4n) is 2.71. The van der Waals surface area contributed by atoms with Crippen LogP contribution in [0.3, 0.4) is 0 Å². The quantitative estimate of drug-likeness (QED) is 0.868. The average molecular weight is 231 g/mol. The zero-order valence-electron chi connectivity index (χ0n) is 10.7. The molecule has 1 heterocycles. The van der Waals surface area contributed by atoms with Crippen LogP contribution < -0.4 is 5.32 Å². The lowest BCUT2D eigenvalue weighted by Gasteiger charge is -2.29. The second-order valence-electron chi connectivity index (χ2n) is 5.21. The van der Waals surface area contributed by atoms with Crippen LogP contribution in [-0.4, -0.2) is 10.6 Å². The summed E-state index contributed by atoms with van der Waals surface area (Å²) in [5.74, 6) is 0.780. The molecule has 2 rings (SSSR count). The highest BCUT2D eigenvalue weighted by molar-refractivity contribution is 5.28. The molecule has 1 aliphatic carbocycles. The molecule has 0 bridgehead atoms. The van der Waals surface area contributed by atoms with Crippen molar-refractivity contribution < 1.29 is 0 Å². The van der Waals surface area contributed by atoms with Gasteiger partial charge in [0.05, 0.1) is 0 Å². The molecule has 1 fully saturated rings. The Labute approximate surface area is 103 Å². The summed E-state index contributed by atoms with van der Waals surface area (Å²) in [5, 5.41) is 12.5. The van der Waals surface area contributed by atoms with E-state index in [1.165, 1.54) is 31.2 Å². The number of nitrogens with one attached hydrogen (secondary N) is 1. The van der Waals surface area contributed by atoms with Crippen molar-refractivity contribution >= 4 is 0 Å². The maximum absolute atomic E-state index is 8.90. The van der Waals surface area contributed by atoms with Gasteiger partial charge in [0.2, 0.25) is 0 Å². The van der Waals surface area contributed by atoms with Gasteiger partial charge < -0.3 is 9.88 Å². The van der Waals surface area contributed by atoms with E-state index in [4.69, 9.17) is 5.26 Å². The molecule has 0 saturated heterocycles. The van der Waals surface area contributed by atoms with Crippen LogP contribution in [0.5, 0.6) is 0 Å². The van der Waals surface area contributed by atoms with E-state index in [0.29, 0.717) is 6.04 Å². The molecule has 0 aliphatic heterocycles. The van der Waals surface area contributed by atoms with Crippen molar-refractivity contribution in [3.05, 3.63) is 23.5 Å². The first-order valence-corrected chi connectivity index (χ1v) is 6.49. The van der Waals surface area contributed by atoms with E-state index in [1.807, 2.05) is 23.9 Å². The van der Waals surface area contributed by atoms with Crippen LogP contribution in [0.15, 0.2) is 12.3 Å². The number of nitrogens with zero attached hydrogens (tertiary/aromatic N) is 2. The minimum Gasteiger partial charge on any atom is -0.342 e. The Morgan fingerprint density at radius 1 is 1.47 bits per heavy atom. The first-order chi connectivity index (χ1) is 8.20. The summed E-state index contributed by atoms with van der Waals surface area (Å²) < 4.78 is 1.89. The Hall–Kier alpha value is -1.27. The smallest absolute Gasteiger partial charge is 0.120 e. The van der Waals surface area contributed by atoms with E-state index in [-0.39, 0.29) is 0 Å². The van der Waals surface area contributed by atoms with Crippen molar-refractivity contribution in [3.63, 3.8) is 0 Å². The lowest BCUT2D eigenvalue weighted by molar-refractivity contribution is 0.279. The third-order valence-electron chi connectivity index (χ3n) is 3.86. The minimum absolute atomic E-state index is 0.648. The maximum atomic E-state index is 8.90. The van der Waals surface area contributed by atoms with Gasteiger partial charge in [0.25, 0.3) is 0 Å². The Balaban J connectivity index is 1.90. The maximum Gasteiger partial charge on any atom is 0.120 e. The van der Waals surface area contributed by atoms with Gasteiger partial charge in [-0.3, -0.25) is 0 Å². The van der Waals surface area contributed by atoms with Crippen LogP contribution >= 0.6 is 0 Å². The number of nitriles is 1. The molecule has 0 amide bonds. The molecule has 1 aromatic rings. The molecule has 1 N–H and O–H groups in total. The van der Waals surface area contributed by atoms with Gasteiger partial charge in [0.15, 0.2) is 0 Å². The number of aromatic nitrogens is 1. The molecule has 0 aromatic carbocycles. The first-order valence-electron chi connectivity index (χ1n) is 6.49. The SMILES string of the molecule is CC1CCCCC1NCc1cc(C#N)n(C)c1. The van der Waals surface area contributed by atoms with Gasteiger partial charge in [-0.05, 0) is 30.4 Å². The topological polar surface area (TPSA) is 40.8 Å². The molecule has 92 valence electrons. The van der Waals surface area contributed by atoms with Gasteiger partial charge in [0.1, 0.15) is 11.8 Å². The van der Waals surface area contributed by atoms with E-state index >= 15 is 0 Å². The van der Waals surface area contributed by atoms with Crippen molar-refractivity contribution in [1.29, 1.82) is 5.26 Å². The Morgan fingerprint density at radius 2 is 2.24 bits per heavy atom. The van der Waals surface area contributed by atoms with Crippen molar-refractivity contribution in [2.45, 2.75) is 45.2 Å². The number of hydrogen-bond acceptors (Lipinski definition) is 2. The Kier molecular flexibility index (Phi) is 3.86. The highest BCUT2D eigenvalue weighted by Gasteiger charge is 2.20. The van der Waals surface area contributed by atoms with Crippen molar-refractivity contribution in [3.8, 4) is 6.07 Å². The third-order valence-corrected chi connectivity index (χ3v) is 3.86. The van der Waals surface area contributed by atoms with E-state index in [1.54, 1.807) is 0 Å². The van der Waals surface area contributed by atoms with Crippen molar-refractivity contribution in [1.82, 2.24) is 9.88 Å². The van der Waals surface area contributed by atoms with Crippen LogP contribution in [0.1, 0.15) is 43.9 Å². The van der Waals surface area contributed by atoms with E-state index in [0.717, 1.165) is 18.2 Å². The Bertz CT molecular complexity index is 414. The second-order valence-corrected chi connectivity index (χ2v) is 5.21. The summed E-state index contributed by atoms with van der Waals surface area (Å²) in [7, 11) is 1.92. The van der Waals surface area contributed by atoms with Gasteiger partial charge in [0, 0.05) is 25.8 Å². The zero-order chi connectivity index (χ0) is 12.3. The first kappa shape index (κ1) is 12.2. The van der Waals surface area contributed by atoms with Gasteiger partial charge >= 0.3 is 0 Å². The van der Waals surface area contributed by atoms with Gasteiger partial charge in [-0.2, -0.15) is 5.26 Å². The number of rotatable bonds is 3. The monoisotopic (exact) mass is 231 g/mol. The molecule has 1 aromatic heterocycles. The van der Waals surface area contributed by atoms with E-state index < -0.39 is 0 Å². The highest BCUT2D eigenvalue weighted by Crippen LogP contribution is 2.24. The van der Waals surface area contributed by atoms with Gasteiger partial charge in [-0.25, -0.2) is 0 Å². The van der Waals surface area contributed by atoms with Crippen molar-refractivity contribution in [2.24, 2.45) is 13.0 Å². The predicted molar refractivity (Wildman–Crippen MR) is 68.4 cm³/mol. The molecule has 17 heavy (non-hydrogen) atoms. The zero-order valence-corrected chi connectivity index (χ0v) is 10.7. The van der Waals surface area contributed by atoms with E-state index in [9.17, 15) is 0 Å². The fraction of sp³-hybridized carbons (Fsp3) is 0.643. The number of aryl methyl sites for hydroxylation is 1.